The SMILES string of the molecule is C=C(C)C1CCC(C)CC1C(C[N+](C)(C)C)OP(=O)(O)O. The largest absolute Gasteiger partial charge is 0.470 e. The Kier molecular flexibility index (Phi) is 6.22. The maximum Gasteiger partial charge on any atom is 0.470 e. The Balaban J connectivity index is 3.01. The van der Waals surface area contributed by atoms with E-state index in [1.807, 2.05) is 28.1 Å². The van der Waals surface area contributed by atoms with Crippen LogP contribution in [0.25, 0.3) is 0 Å². The quantitative estimate of drug-likeness (QED) is 0.449. The highest BCUT2D eigenvalue weighted by atomic mass is 31.2. The molecule has 1 rings (SSSR count). The molecule has 6 heteroatoms. The number of nitrogens with zero attached hydrogens (tertiary/aromatic N) is 1. The highest BCUT2D eigenvalue weighted by Crippen LogP contribution is 2.46. The van der Waals surface area contributed by atoms with Crippen LogP contribution in [0, 0.1) is 17.8 Å². The van der Waals surface area contributed by atoms with Crippen molar-refractivity contribution in [2.24, 2.45) is 17.8 Å². The summed E-state index contributed by atoms with van der Waals surface area (Å²) in [5.41, 5.74) is 1.09. The highest BCUT2D eigenvalue weighted by molar-refractivity contribution is 7.46. The zero-order valence-electron chi connectivity index (χ0n) is 14.0. The van der Waals surface area contributed by atoms with E-state index < -0.39 is 13.9 Å². The van der Waals surface area contributed by atoms with Crippen LogP contribution >= 0.6 is 7.82 Å². The van der Waals surface area contributed by atoms with Crippen LogP contribution in [-0.4, -0.2) is 48.1 Å². The Hall–Kier alpha value is -0.190. The lowest BCUT2D eigenvalue weighted by atomic mass is 9.69. The third-order valence-electron chi connectivity index (χ3n) is 4.27. The molecule has 0 amide bonds. The van der Waals surface area contributed by atoms with E-state index in [1.54, 1.807) is 0 Å². The van der Waals surface area contributed by atoms with Crippen LogP contribution in [0.3, 0.4) is 0 Å². The van der Waals surface area contributed by atoms with Crippen LogP contribution in [-0.2, 0) is 9.09 Å². The Morgan fingerprint density at radius 3 is 2.38 bits per heavy atom. The van der Waals surface area contributed by atoms with Gasteiger partial charge in [-0.1, -0.05) is 25.5 Å². The van der Waals surface area contributed by atoms with Crippen LogP contribution in [0.15, 0.2) is 12.2 Å². The summed E-state index contributed by atoms with van der Waals surface area (Å²) in [5.74, 6) is 0.960. The van der Waals surface area contributed by atoms with Crippen molar-refractivity contribution in [1.82, 2.24) is 0 Å². The van der Waals surface area contributed by atoms with Crippen molar-refractivity contribution >= 4 is 7.82 Å². The zero-order valence-corrected chi connectivity index (χ0v) is 14.8. The third kappa shape index (κ3) is 6.62. The van der Waals surface area contributed by atoms with Gasteiger partial charge >= 0.3 is 7.82 Å². The molecule has 0 bridgehead atoms. The minimum atomic E-state index is -4.49. The van der Waals surface area contributed by atoms with E-state index in [0.717, 1.165) is 24.8 Å². The second kappa shape index (κ2) is 6.93. The number of phosphoric acid groups is 1. The van der Waals surface area contributed by atoms with E-state index >= 15 is 0 Å². The predicted molar refractivity (Wildman–Crippen MR) is 84.6 cm³/mol. The van der Waals surface area contributed by atoms with Gasteiger partial charge in [-0.05, 0) is 37.5 Å². The van der Waals surface area contributed by atoms with Crippen LogP contribution in [0.5, 0.6) is 0 Å². The third-order valence-corrected chi connectivity index (χ3v) is 4.82. The fraction of sp³-hybridized carbons (Fsp3) is 0.867. The molecule has 0 radical (unpaired) electrons. The number of hydrogen-bond donors (Lipinski definition) is 2. The fourth-order valence-corrected chi connectivity index (χ4v) is 3.99. The van der Waals surface area contributed by atoms with Gasteiger partial charge in [0, 0.05) is 0 Å². The highest BCUT2D eigenvalue weighted by Gasteiger charge is 2.40. The van der Waals surface area contributed by atoms with Gasteiger partial charge in [-0.2, -0.15) is 0 Å². The molecular weight excluding hydrogens is 289 g/mol. The van der Waals surface area contributed by atoms with Crippen molar-refractivity contribution in [3.63, 3.8) is 0 Å². The molecule has 5 nitrogen and oxygen atoms in total. The maximum atomic E-state index is 11.4. The Morgan fingerprint density at radius 2 is 1.95 bits per heavy atom. The van der Waals surface area contributed by atoms with Crippen molar-refractivity contribution in [3.05, 3.63) is 12.2 Å². The molecule has 0 spiro atoms. The van der Waals surface area contributed by atoms with Gasteiger partial charge in [0.25, 0.3) is 0 Å². The van der Waals surface area contributed by atoms with Crippen molar-refractivity contribution in [3.8, 4) is 0 Å². The molecule has 0 aliphatic heterocycles. The van der Waals surface area contributed by atoms with Crippen LogP contribution < -0.4 is 0 Å². The van der Waals surface area contributed by atoms with Crippen LogP contribution in [0.1, 0.15) is 33.1 Å². The van der Waals surface area contributed by atoms with Crippen molar-refractivity contribution in [1.29, 1.82) is 0 Å². The summed E-state index contributed by atoms with van der Waals surface area (Å²) < 4.78 is 17.2. The molecule has 0 aromatic carbocycles. The molecule has 1 aliphatic carbocycles. The number of hydrogen-bond acceptors (Lipinski definition) is 2. The molecule has 0 aromatic heterocycles. The van der Waals surface area contributed by atoms with E-state index in [4.69, 9.17) is 4.52 Å². The number of phosphoric ester groups is 1. The van der Waals surface area contributed by atoms with Gasteiger partial charge in [-0.25, -0.2) is 4.57 Å². The van der Waals surface area contributed by atoms with Crippen molar-refractivity contribution in [2.45, 2.75) is 39.2 Å². The van der Waals surface area contributed by atoms with Crippen LogP contribution in [0.4, 0.5) is 0 Å². The summed E-state index contributed by atoms with van der Waals surface area (Å²) in [5, 5.41) is 0. The van der Waals surface area contributed by atoms with Gasteiger partial charge in [0.15, 0.2) is 0 Å². The maximum absolute atomic E-state index is 11.4. The van der Waals surface area contributed by atoms with Gasteiger partial charge in [0.05, 0.1) is 21.1 Å². The molecule has 2 N–H and O–H groups in total. The van der Waals surface area contributed by atoms with Gasteiger partial charge in [-0.3, -0.25) is 4.52 Å². The predicted octanol–water partition coefficient (Wildman–Crippen LogP) is 2.80. The van der Waals surface area contributed by atoms with E-state index in [1.165, 1.54) is 0 Å². The summed E-state index contributed by atoms with van der Waals surface area (Å²) in [6.45, 7) is 8.86. The normalized spacial score (nSPS) is 29.2. The Labute approximate surface area is 128 Å². The Bertz CT molecular complexity index is 412. The number of quaternary nitrogens is 1. The molecule has 0 heterocycles. The van der Waals surface area contributed by atoms with E-state index in [2.05, 4.69) is 13.5 Å². The monoisotopic (exact) mass is 320 g/mol. The number of likely N-dealkylation sites (N-methyl/N-ethyl adjacent to an activating group) is 1. The van der Waals surface area contributed by atoms with E-state index in [9.17, 15) is 14.4 Å². The second-order valence-electron chi connectivity index (χ2n) is 7.64. The minimum absolute atomic E-state index is 0.122. The number of rotatable bonds is 6. The van der Waals surface area contributed by atoms with Gasteiger partial charge in [0.1, 0.15) is 12.6 Å². The summed E-state index contributed by atoms with van der Waals surface area (Å²) in [6.07, 6.45) is 2.65. The van der Waals surface area contributed by atoms with Gasteiger partial charge in [0.2, 0.25) is 0 Å². The van der Waals surface area contributed by atoms with E-state index in [-0.39, 0.29) is 11.8 Å². The molecule has 1 saturated carbocycles. The summed E-state index contributed by atoms with van der Waals surface area (Å²) >= 11 is 0. The first-order valence-corrected chi connectivity index (χ1v) is 9.12. The molecule has 1 fully saturated rings. The molecular formula is C15H31NO4P+. The molecule has 0 aromatic rings. The zero-order chi connectivity index (χ0) is 16.4. The summed E-state index contributed by atoms with van der Waals surface area (Å²) in [7, 11) is 1.55. The Morgan fingerprint density at radius 1 is 1.38 bits per heavy atom. The second-order valence-corrected chi connectivity index (χ2v) is 8.83. The summed E-state index contributed by atoms with van der Waals surface area (Å²) in [6, 6.07) is 0. The molecule has 4 unspecified atom stereocenters. The lowest BCUT2D eigenvalue weighted by Crippen LogP contribution is -2.47. The molecule has 0 saturated heterocycles. The first-order chi connectivity index (χ1) is 9.39. The first-order valence-electron chi connectivity index (χ1n) is 7.59. The topological polar surface area (TPSA) is 66.8 Å². The van der Waals surface area contributed by atoms with Gasteiger partial charge < -0.3 is 14.3 Å². The fourth-order valence-electron chi connectivity index (χ4n) is 3.41. The summed E-state index contributed by atoms with van der Waals surface area (Å²) in [4.78, 5) is 18.5. The smallest absolute Gasteiger partial charge is 0.329 e. The molecule has 21 heavy (non-hydrogen) atoms. The average Bonchev–Trinajstić information content (AvgIpc) is 2.23. The number of allylic oxidation sites excluding steroid dienone is 1. The lowest BCUT2D eigenvalue weighted by molar-refractivity contribution is -0.873. The molecule has 124 valence electrons. The first kappa shape index (κ1) is 18.9. The van der Waals surface area contributed by atoms with Crippen LogP contribution in [0.2, 0.25) is 0 Å². The average molecular weight is 320 g/mol. The van der Waals surface area contributed by atoms with E-state index in [0.29, 0.717) is 16.9 Å². The lowest BCUT2D eigenvalue weighted by Gasteiger charge is -2.41. The van der Waals surface area contributed by atoms with Crippen molar-refractivity contribution < 1.29 is 23.4 Å². The standard InChI is InChI=1S/C15H30NO4P/c1-11(2)13-8-7-12(3)9-14(13)15(10-16(4,5)6)20-21(17,18)19/h12-15H,1,7-10H2,2-6H3,(H-,17,18,19)/p+1. The molecule has 4 atom stereocenters. The van der Waals surface area contributed by atoms with Gasteiger partial charge in [-0.15, -0.1) is 0 Å². The van der Waals surface area contributed by atoms with Crippen molar-refractivity contribution in [2.75, 3.05) is 27.7 Å². The molecule has 1 aliphatic rings. The minimum Gasteiger partial charge on any atom is -0.329 e.